The number of carbonyl (C=O) groups excluding carboxylic acids is 1. The second-order valence-corrected chi connectivity index (χ2v) is 7.54. The van der Waals surface area contributed by atoms with Gasteiger partial charge in [-0.05, 0) is 31.5 Å². The largest absolute Gasteiger partial charge is 0.469 e. The molecule has 4 nitrogen and oxygen atoms in total. The smallest absolute Gasteiger partial charge is 0.312 e. The first-order valence-electron chi connectivity index (χ1n) is 5.69. The number of halogens is 1. The summed E-state index contributed by atoms with van der Waals surface area (Å²) in [5, 5.41) is 0.552. The zero-order valence-electron chi connectivity index (χ0n) is 11.1. The molecule has 1 aromatic rings. The van der Waals surface area contributed by atoms with Crippen molar-refractivity contribution in [3.8, 4) is 0 Å². The van der Waals surface area contributed by atoms with E-state index in [9.17, 15) is 13.2 Å². The number of sulfone groups is 1. The van der Waals surface area contributed by atoms with Gasteiger partial charge in [-0.2, -0.15) is 0 Å². The molecular formula is C13H17ClO4S. The number of ether oxygens (including phenoxy) is 1. The van der Waals surface area contributed by atoms with E-state index in [1.807, 2.05) is 0 Å². The summed E-state index contributed by atoms with van der Waals surface area (Å²) in [4.78, 5) is 11.5. The number of methoxy groups -OCH3 is 1. The van der Waals surface area contributed by atoms with Crippen LogP contribution in [0.1, 0.15) is 19.4 Å². The van der Waals surface area contributed by atoms with Gasteiger partial charge in [0.2, 0.25) is 0 Å². The van der Waals surface area contributed by atoms with Crippen molar-refractivity contribution >= 4 is 27.4 Å². The Morgan fingerprint density at radius 3 is 2.26 bits per heavy atom. The molecule has 0 aromatic heterocycles. The Labute approximate surface area is 118 Å². The predicted octanol–water partition coefficient (Wildman–Crippen LogP) is 2.45. The second-order valence-electron chi connectivity index (χ2n) is 5.03. The van der Waals surface area contributed by atoms with Gasteiger partial charge in [0, 0.05) is 5.02 Å². The van der Waals surface area contributed by atoms with Crippen LogP contribution >= 0.6 is 11.6 Å². The van der Waals surface area contributed by atoms with Gasteiger partial charge in [-0.1, -0.05) is 23.7 Å². The van der Waals surface area contributed by atoms with Crippen LogP contribution in [0.3, 0.4) is 0 Å². The summed E-state index contributed by atoms with van der Waals surface area (Å²) in [6.07, 6.45) is 0. The van der Waals surface area contributed by atoms with Crippen LogP contribution in [-0.2, 0) is 25.1 Å². The van der Waals surface area contributed by atoms with Gasteiger partial charge < -0.3 is 4.74 Å². The van der Waals surface area contributed by atoms with Crippen molar-refractivity contribution in [2.24, 2.45) is 5.41 Å². The standard InChI is InChI=1S/C13H17ClO4S/c1-13(2,12(15)18-3)9-19(16,17)8-10-4-6-11(14)7-5-10/h4-7H,8-9H2,1-3H3. The fraction of sp³-hybridized carbons (Fsp3) is 0.462. The highest BCUT2D eigenvalue weighted by atomic mass is 35.5. The molecule has 0 amide bonds. The third kappa shape index (κ3) is 4.84. The quantitative estimate of drug-likeness (QED) is 0.784. The van der Waals surface area contributed by atoms with Crippen molar-refractivity contribution in [3.05, 3.63) is 34.9 Å². The maximum atomic E-state index is 12.1. The van der Waals surface area contributed by atoms with Gasteiger partial charge in [0.25, 0.3) is 0 Å². The Morgan fingerprint density at radius 1 is 1.26 bits per heavy atom. The van der Waals surface area contributed by atoms with Crippen LogP contribution in [0.2, 0.25) is 5.02 Å². The summed E-state index contributed by atoms with van der Waals surface area (Å²) in [7, 11) is -2.16. The van der Waals surface area contributed by atoms with Crippen molar-refractivity contribution in [2.45, 2.75) is 19.6 Å². The van der Waals surface area contributed by atoms with Crippen molar-refractivity contribution in [1.82, 2.24) is 0 Å². The summed E-state index contributed by atoms with van der Waals surface area (Å²) in [6, 6.07) is 6.59. The summed E-state index contributed by atoms with van der Waals surface area (Å²) < 4.78 is 28.8. The van der Waals surface area contributed by atoms with Crippen LogP contribution in [0.5, 0.6) is 0 Å². The molecule has 19 heavy (non-hydrogen) atoms. The highest BCUT2D eigenvalue weighted by molar-refractivity contribution is 7.90. The van der Waals surface area contributed by atoms with E-state index >= 15 is 0 Å². The number of benzene rings is 1. The van der Waals surface area contributed by atoms with Gasteiger partial charge in [-0.15, -0.1) is 0 Å². The molecule has 0 aliphatic heterocycles. The molecule has 0 aliphatic rings. The molecule has 0 saturated heterocycles. The maximum absolute atomic E-state index is 12.1. The fourth-order valence-electron chi connectivity index (χ4n) is 1.77. The topological polar surface area (TPSA) is 60.4 Å². The third-order valence-electron chi connectivity index (χ3n) is 2.62. The van der Waals surface area contributed by atoms with Crippen LogP contribution in [0, 0.1) is 5.41 Å². The first-order chi connectivity index (χ1) is 8.66. The lowest BCUT2D eigenvalue weighted by atomic mass is 9.97. The molecule has 1 rings (SSSR count). The maximum Gasteiger partial charge on any atom is 0.312 e. The highest BCUT2D eigenvalue weighted by Gasteiger charge is 2.34. The molecule has 0 unspecified atom stereocenters. The minimum Gasteiger partial charge on any atom is -0.469 e. The lowest BCUT2D eigenvalue weighted by Gasteiger charge is -2.21. The number of esters is 1. The molecule has 1 aromatic carbocycles. The van der Waals surface area contributed by atoms with Gasteiger partial charge in [-0.3, -0.25) is 4.79 Å². The Hall–Kier alpha value is -1.07. The van der Waals surface area contributed by atoms with Crippen molar-refractivity contribution < 1.29 is 17.9 Å². The molecule has 0 spiro atoms. The Kier molecular flexibility index (Phi) is 4.98. The van der Waals surface area contributed by atoms with Crippen molar-refractivity contribution in [1.29, 1.82) is 0 Å². The fourth-order valence-corrected chi connectivity index (χ4v) is 3.92. The van der Waals surface area contributed by atoms with E-state index < -0.39 is 21.2 Å². The third-order valence-corrected chi connectivity index (χ3v) is 4.81. The molecule has 0 heterocycles. The number of hydrogen-bond donors (Lipinski definition) is 0. The number of hydrogen-bond acceptors (Lipinski definition) is 4. The van der Waals surface area contributed by atoms with E-state index in [4.69, 9.17) is 11.6 Å². The molecular weight excluding hydrogens is 288 g/mol. The Bertz CT molecular complexity index is 547. The first kappa shape index (κ1) is 16.0. The van der Waals surface area contributed by atoms with E-state index in [0.29, 0.717) is 10.6 Å². The van der Waals surface area contributed by atoms with Gasteiger partial charge in [0.1, 0.15) is 0 Å². The molecule has 0 saturated carbocycles. The summed E-state index contributed by atoms with van der Waals surface area (Å²) >= 11 is 5.74. The second kappa shape index (κ2) is 5.92. The van der Waals surface area contributed by atoms with Gasteiger partial charge in [-0.25, -0.2) is 8.42 Å². The van der Waals surface area contributed by atoms with Crippen molar-refractivity contribution in [3.63, 3.8) is 0 Å². The van der Waals surface area contributed by atoms with E-state index in [1.165, 1.54) is 7.11 Å². The van der Waals surface area contributed by atoms with E-state index in [1.54, 1.807) is 38.1 Å². The molecule has 106 valence electrons. The van der Waals surface area contributed by atoms with E-state index in [0.717, 1.165) is 0 Å². The molecule has 0 aliphatic carbocycles. The van der Waals surface area contributed by atoms with Crippen LogP contribution in [0.4, 0.5) is 0 Å². The summed E-state index contributed by atoms with van der Waals surface area (Å²) in [6.45, 7) is 3.11. The molecule has 6 heteroatoms. The Balaban J connectivity index is 2.82. The van der Waals surface area contributed by atoms with Gasteiger partial charge in [0.15, 0.2) is 9.84 Å². The average molecular weight is 305 g/mol. The summed E-state index contributed by atoms with van der Waals surface area (Å²) in [5.74, 6) is -0.910. The average Bonchev–Trinajstić information content (AvgIpc) is 2.29. The van der Waals surface area contributed by atoms with Gasteiger partial charge >= 0.3 is 5.97 Å². The van der Waals surface area contributed by atoms with Crippen LogP contribution in [0.15, 0.2) is 24.3 Å². The van der Waals surface area contributed by atoms with Crippen LogP contribution in [-0.4, -0.2) is 27.2 Å². The van der Waals surface area contributed by atoms with Crippen LogP contribution < -0.4 is 0 Å². The number of rotatable bonds is 5. The van der Waals surface area contributed by atoms with Crippen molar-refractivity contribution in [2.75, 3.05) is 12.9 Å². The lowest BCUT2D eigenvalue weighted by Crippen LogP contribution is -2.34. The van der Waals surface area contributed by atoms with Gasteiger partial charge in [0.05, 0.1) is 24.0 Å². The highest BCUT2D eigenvalue weighted by Crippen LogP contribution is 2.22. The zero-order chi connectivity index (χ0) is 14.7. The number of carbonyl (C=O) groups is 1. The van der Waals surface area contributed by atoms with E-state index in [2.05, 4.69) is 4.74 Å². The summed E-state index contributed by atoms with van der Waals surface area (Å²) in [5.41, 5.74) is -0.412. The molecule has 0 N–H and O–H groups in total. The zero-order valence-corrected chi connectivity index (χ0v) is 12.7. The molecule has 0 bridgehead atoms. The Morgan fingerprint density at radius 2 is 1.79 bits per heavy atom. The lowest BCUT2D eigenvalue weighted by molar-refractivity contribution is -0.149. The van der Waals surface area contributed by atoms with E-state index in [-0.39, 0.29) is 11.5 Å². The SMILES string of the molecule is COC(=O)C(C)(C)CS(=O)(=O)Cc1ccc(Cl)cc1. The first-order valence-corrected chi connectivity index (χ1v) is 7.89. The molecule has 0 radical (unpaired) electrons. The van der Waals surface area contributed by atoms with Crippen LogP contribution in [0.25, 0.3) is 0 Å². The molecule has 0 atom stereocenters. The minimum absolute atomic E-state index is 0.120. The minimum atomic E-state index is -3.40. The normalized spacial score (nSPS) is 12.2. The monoisotopic (exact) mass is 304 g/mol. The molecule has 0 fully saturated rings. The predicted molar refractivity (Wildman–Crippen MR) is 74.7 cm³/mol.